The van der Waals surface area contributed by atoms with Crippen LogP contribution in [0.1, 0.15) is 18.9 Å². The van der Waals surface area contributed by atoms with E-state index in [2.05, 4.69) is 4.98 Å². The predicted octanol–water partition coefficient (Wildman–Crippen LogP) is 0.865. The number of sulfonamides is 1. The number of piperidine rings is 1. The van der Waals surface area contributed by atoms with Crippen LogP contribution in [-0.4, -0.2) is 42.3 Å². The number of aryl methyl sites for hydroxylation is 1. The summed E-state index contributed by atoms with van der Waals surface area (Å²) in [4.78, 5) is 15.3. The van der Waals surface area contributed by atoms with Crippen molar-refractivity contribution < 1.29 is 13.2 Å². The summed E-state index contributed by atoms with van der Waals surface area (Å²) in [5, 5.41) is 0. The van der Waals surface area contributed by atoms with Gasteiger partial charge in [0.2, 0.25) is 10.0 Å². The summed E-state index contributed by atoms with van der Waals surface area (Å²) in [5.41, 5.74) is 0.958. The molecular formula is C13H18N2O3S. The highest BCUT2D eigenvalue weighted by Crippen LogP contribution is 2.16. The summed E-state index contributed by atoms with van der Waals surface area (Å²) in [7, 11) is -3.28. The molecule has 0 bridgehead atoms. The summed E-state index contributed by atoms with van der Waals surface area (Å²) >= 11 is 0. The maximum absolute atomic E-state index is 12.2. The summed E-state index contributed by atoms with van der Waals surface area (Å²) in [6.07, 6.45) is 4.12. The van der Waals surface area contributed by atoms with E-state index in [0.29, 0.717) is 25.9 Å². The Morgan fingerprint density at radius 1 is 1.37 bits per heavy atom. The molecule has 1 saturated heterocycles. The molecule has 0 aromatic carbocycles. The number of aromatic nitrogens is 1. The number of ketones is 1. The van der Waals surface area contributed by atoms with Crippen molar-refractivity contribution in [2.45, 2.75) is 19.8 Å². The van der Waals surface area contributed by atoms with E-state index in [1.165, 1.54) is 4.31 Å². The van der Waals surface area contributed by atoms with Crippen molar-refractivity contribution in [1.29, 1.82) is 0 Å². The van der Waals surface area contributed by atoms with Crippen LogP contribution in [0.2, 0.25) is 0 Å². The molecule has 2 rings (SSSR count). The molecule has 6 heteroatoms. The number of nitrogens with zero attached hydrogens (tertiary/aromatic N) is 2. The second kappa shape index (κ2) is 5.79. The largest absolute Gasteiger partial charge is 0.299 e. The van der Waals surface area contributed by atoms with Gasteiger partial charge in [0, 0.05) is 37.8 Å². The molecule has 1 aliphatic heterocycles. The minimum atomic E-state index is -3.28. The smallest absolute Gasteiger partial charge is 0.214 e. The molecular weight excluding hydrogens is 264 g/mol. The first-order valence-electron chi connectivity index (χ1n) is 6.38. The normalized spacial score (nSPS) is 21.5. The lowest BCUT2D eigenvalue weighted by atomic mass is 10.0. The summed E-state index contributed by atoms with van der Waals surface area (Å²) < 4.78 is 25.9. The molecule has 1 aromatic rings. The molecule has 0 saturated carbocycles. The van der Waals surface area contributed by atoms with Crippen molar-refractivity contribution >= 4 is 15.8 Å². The number of hydrogen-bond acceptors (Lipinski definition) is 4. The predicted molar refractivity (Wildman–Crippen MR) is 72.1 cm³/mol. The van der Waals surface area contributed by atoms with Gasteiger partial charge in [-0.1, -0.05) is 6.92 Å². The number of Topliss-reactive ketones (excluding diaryl/α,β-unsaturated/α-hetero) is 1. The van der Waals surface area contributed by atoms with Crippen LogP contribution in [0.25, 0.3) is 0 Å². The second-order valence-electron chi connectivity index (χ2n) is 4.90. The number of hydrogen-bond donors (Lipinski definition) is 0. The maximum atomic E-state index is 12.2. The van der Waals surface area contributed by atoms with Gasteiger partial charge in [-0.05, 0) is 24.1 Å². The quantitative estimate of drug-likeness (QED) is 0.821. The van der Waals surface area contributed by atoms with Crippen LogP contribution in [-0.2, 0) is 21.2 Å². The first-order valence-corrected chi connectivity index (χ1v) is 7.99. The summed E-state index contributed by atoms with van der Waals surface area (Å²) in [5.74, 6) is 0.0443. The van der Waals surface area contributed by atoms with E-state index in [4.69, 9.17) is 0 Å². The SMILES string of the molecule is CC1CN(S(=O)(=O)CCc2ccncc2)CCC1=O. The Morgan fingerprint density at radius 3 is 2.68 bits per heavy atom. The van der Waals surface area contributed by atoms with E-state index in [1.807, 2.05) is 12.1 Å². The monoisotopic (exact) mass is 282 g/mol. The average molecular weight is 282 g/mol. The molecule has 0 spiro atoms. The number of pyridine rings is 1. The lowest BCUT2D eigenvalue weighted by molar-refractivity contribution is -0.124. The van der Waals surface area contributed by atoms with Crippen molar-refractivity contribution in [3.8, 4) is 0 Å². The lowest BCUT2D eigenvalue weighted by Gasteiger charge is -2.29. The van der Waals surface area contributed by atoms with Crippen LogP contribution in [0.15, 0.2) is 24.5 Å². The number of rotatable bonds is 4. The third-order valence-corrected chi connectivity index (χ3v) is 5.26. The minimum absolute atomic E-state index is 0.0813. The molecule has 1 aliphatic rings. The lowest BCUT2D eigenvalue weighted by Crippen LogP contribution is -2.44. The van der Waals surface area contributed by atoms with E-state index in [0.717, 1.165) is 5.56 Å². The number of carbonyl (C=O) groups is 1. The molecule has 2 heterocycles. The Bertz CT molecular complexity index is 542. The van der Waals surface area contributed by atoms with Gasteiger partial charge in [0.05, 0.1) is 5.75 Å². The van der Waals surface area contributed by atoms with Crippen molar-refractivity contribution in [3.05, 3.63) is 30.1 Å². The molecule has 1 unspecified atom stereocenters. The van der Waals surface area contributed by atoms with Gasteiger partial charge < -0.3 is 0 Å². The van der Waals surface area contributed by atoms with Crippen LogP contribution in [0.4, 0.5) is 0 Å². The van der Waals surface area contributed by atoms with E-state index >= 15 is 0 Å². The van der Waals surface area contributed by atoms with Crippen LogP contribution in [0, 0.1) is 5.92 Å². The average Bonchev–Trinajstić information content (AvgIpc) is 2.41. The van der Waals surface area contributed by atoms with Gasteiger partial charge in [0.15, 0.2) is 0 Å². The van der Waals surface area contributed by atoms with E-state index in [-0.39, 0.29) is 17.5 Å². The van der Waals surface area contributed by atoms with Crippen molar-refractivity contribution in [2.75, 3.05) is 18.8 Å². The van der Waals surface area contributed by atoms with Crippen LogP contribution >= 0.6 is 0 Å². The molecule has 0 N–H and O–H groups in total. The van der Waals surface area contributed by atoms with Gasteiger partial charge in [0.25, 0.3) is 0 Å². The first-order chi connectivity index (χ1) is 8.99. The van der Waals surface area contributed by atoms with Crippen LogP contribution in [0.5, 0.6) is 0 Å². The third kappa shape index (κ3) is 3.61. The Labute approximate surface area is 113 Å². The Hall–Kier alpha value is -1.27. The highest BCUT2D eigenvalue weighted by atomic mass is 32.2. The molecule has 1 aromatic heterocycles. The highest BCUT2D eigenvalue weighted by Gasteiger charge is 2.30. The van der Waals surface area contributed by atoms with Crippen molar-refractivity contribution in [3.63, 3.8) is 0 Å². The van der Waals surface area contributed by atoms with Crippen molar-refractivity contribution in [1.82, 2.24) is 9.29 Å². The molecule has 5 nitrogen and oxygen atoms in total. The zero-order chi connectivity index (χ0) is 13.9. The summed E-state index contributed by atoms with van der Waals surface area (Å²) in [6, 6.07) is 3.63. The Balaban J connectivity index is 1.97. The highest BCUT2D eigenvalue weighted by molar-refractivity contribution is 7.89. The molecule has 19 heavy (non-hydrogen) atoms. The minimum Gasteiger partial charge on any atom is -0.299 e. The molecule has 0 radical (unpaired) electrons. The van der Waals surface area contributed by atoms with Gasteiger partial charge in [-0.15, -0.1) is 0 Å². The molecule has 1 fully saturated rings. The topological polar surface area (TPSA) is 67.3 Å². The maximum Gasteiger partial charge on any atom is 0.214 e. The number of carbonyl (C=O) groups excluding carboxylic acids is 1. The fourth-order valence-corrected chi connectivity index (χ4v) is 3.73. The third-order valence-electron chi connectivity index (χ3n) is 3.43. The molecule has 0 aliphatic carbocycles. The second-order valence-corrected chi connectivity index (χ2v) is 6.99. The molecule has 0 amide bonds. The zero-order valence-electron chi connectivity index (χ0n) is 10.9. The first kappa shape index (κ1) is 14.1. The fourth-order valence-electron chi connectivity index (χ4n) is 2.16. The van der Waals surface area contributed by atoms with Gasteiger partial charge >= 0.3 is 0 Å². The molecule has 104 valence electrons. The zero-order valence-corrected chi connectivity index (χ0v) is 11.8. The Kier molecular flexibility index (Phi) is 4.31. The van der Waals surface area contributed by atoms with Gasteiger partial charge in [-0.3, -0.25) is 9.78 Å². The van der Waals surface area contributed by atoms with Gasteiger partial charge in [0.1, 0.15) is 5.78 Å². The molecule has 1 atom stereocenters. The van der Waals surface area contributed by atoms with E-state index in [9.17, 15) is 13.2 Å². The van der Waals surface area contributed by atoms with Crippen LogP contribution < -0.4 is 0 Å². The van der Waals surface area contributed by atoms with Gasteiger partial charge in [-0.2, -0.15) is 0 Å². The van der Waals surface area contributed by atoms with Crippen molar-refractivity contribution in [2.24, 2.45) is 5.92 Å². The van der Waals surface area contributed by atoms with E-state index < -0.39 is 10.0 Å². The fraction of sp³-hybridized carbons (Fsp3) is 0.538. The summed E-state index contributed by atoms with van der Waals surface area (Å²) in [6.45, 7) is 2.42. The Morgan fingerprint density at radius 2 is 2.05 bits per heavy atom. The van der Waals surface area contributed by atoms with Gasteiger partial charge in [-0.25, -0.2) is 12.7 Å². The van der Waals surface area contributed by atoms with Crippen LogP contribution in [0.3, 0.4) is 0 Å². The standard InChI is InChI=1S/C13H18N2O3S/c1-11-10-15(8-4-13(11)16)19(17,18)9-5-12-2-6-14-7-3-12/h2-3,6-7,11H,4-5,8-10H2,1H3. The van der Waals surface area contributed by atoms with E-state index in [1.54, 1.807) is 19.3 Å².